The lowest BCUT2D eigenvalue weighted by Gasteiger charge is -2.34. The van der Waals surface area contributed by atoms with E-state index in [0.717, 1.165) is 37.0 Å². The van der Waals surface area contributed by atoms with Crippen molar-refractivity contribution in [3.05, 3.63) is 65.2 Å². The zero-order chi connectivity index (χ0) is 19.5. The van der Waals surface area contributed by atoms with Gasteiger partial charge in [0.15, 0.2) is 0 Å². The number of fused-ring (bicyclic) bond motifs is 1. The Morgan fingerprint density at radius 2 is 1.86 bits per heavy atom. The van der Waals surface area contributed by atoms with Crippen molar-refractivity contribution in [1.82, 2.24) is 10.2 Å². The van der Waals surface area contributed by atoms with E-state index in [0.29, 0.717) is 19.7 Å². The number of hydrogen-bond donors (Lipinski definition) is 1. The summed E-state index contributed by atoms with van der Waals surface area (Å²) in [5.41, 5.74) is 0.988. The maximum absolute atomic E-state index is 13.9. The Morgan fingerprint density at radius 3 is 2.64 bits per heavy atom. The number of benzene rings is 2. The van der Waals surface area contributed by atoms with E-state index in [-0.39, 0.29) is 29.4 Å². The molecule has 0 bridgehead atoms. The summed E-state index contributed by atoms with van der Waals surface area (Å²) >= 11 is 0. The highest BCUT2D eigenvalue weighted by atomic mass is 19.1. The molecule has 4 rings (SSSR count). The van der Waals surface area contributed by atoms with Gasteiger partial charge in [0, 0.05) is 30.7 Å². The second kappa shape index (κ2) is 8.27. The summed E-state index contributed by atoms with van der Waals surface area (Å²) < 4.78 is 33.4. The molecule has 1 fully saturated rings. The van der Waals surface area contributed by atoms with Crippen LogP contribution >= 0.6 is 0 Å². The molecule has 1 unspecified atom stereocenters. The average Bonchev–Trinajstić information content (AvgIpc) is 2.90. The molecule has 2 aromatic carbocycles. The molecular formula is C22H24F2N2O2. The molecule has 0 spiro atoms. The minimum Gasteiger partial charge on any atom is -0.493 e. The highest BCUT2D eigenvalue weighted by molar-refractivity contribution is 5.94. The second-order valence-electron chi connectivity index (χ2n) is 7.44. The normalized spacial score (nSPS) is 20.2. The fraction of sp³-hybridized carbons (Fsp3) is 0.409. The van der Waals surface area contributed by atoms with Gasteiger partial charge in [-0.05, 0) is 56.0 Å². The number of nitrogens with zero attached hydrogens (tertiary/aromatic N) is 1. The Hall–Kier alpha value is -2.47. The van der Waals surface area contributed by atoms with E-state index >= 15 is 0 Å². The van der Waals surface area contributed by atoms with Crippen LogP contribution in [0.4, 0.5) is 8.78 Å². The van der Waals surface area contributed by atoms with Gasteiger partial charge in [0.05, 0.1) is 12.2 Å². The van der Waals surface area contributed by atoms with Gasteiger partial charge >= 0.3 is 0 Å². The van der Waals surface area contributed by atoms with Crippen LogP contribution in [0.15, 0.2) is 42.5 Å². The number of likely N-dealkylation sites (tertiary alicyclic amines) is 1. The fourth-order valence-electron chi connectivity index (χ4n) is 4.06. The summed E-state index contributed by atoms with van der Waals surface area (Å²) in [5, 5.41) is 3.63. The van der Waals surface area contributed by atoms with Crippen LogP contribution in [0.25, 0.3) is 0 Å². The maximum Gasteiger partial charge on any atom is 0.256 e. The van der Waals surface area contributed by atoms with E-state index in [1.54, 1.807) is 29.2 Å². The topological polar surface area (TPSA) is 41.6 Å². The minimum absolute atomic E-state index is 0.0343. The average molecular weight is 386 g/mol. The zero-order valence-corrected chi connectivity index (χ0v) is 15.7. The third-order valence-corrected chi connectivity index (χ3v) is 5.57. The predicted molar refractivity (Wildman–Crippen MR) is 102 cm³/mol. The fourth-order valence-corrected chi connectivity index (χ4v) is 4.06. The summed E-state index contributed by atoms with van der Waals surface area (Å²) in [4.78, 5) is 14.3. The number of piperidine rings is 1. The van der Waals surface area contributed by atoms with Gasteiger partial charge in [0.1, 0.15) is 17.4 Å². The van der Waals surface area contributed by atoms with Gasteiger partial charge in [0.2, 0.25) is 0 Å². The van der Waals surface area contributed by atoms with E-state index in [1.807, 2.05) is 0 Å². The molecule has 1 saturated heterocycles. The predicted octanol–water partition coefficient (Wildman–Crippen LogP) is 4.07. The van der Waals surface area contributed by atoms with Gasteiger partial charge in [0.25, 0.3) is 5.91 Å². The third-order valence-electron chi connectivity index (χ3n) is 5.57. The molecule has 2 aliphatic rings. The van der Waals surface area contributed by atoms with Crippen LogP contribution in [-0.2, 0) is 0 Å². The molecule has 2 aliphatic heterocycles. The molecule has 0 aromatic heterocycles. The Balaban J connectivity index is 1.39. The molecule has 1 atom stereocenters. The van der Waals surface area contributed by atoms with Crippen molar-refractivity contribution in [2.45, 2.75) is 37.8 Å². The molecule has 2 heterocycles. The first-order valence-corrected chi connectivity index (χ1v) is 9.84. The van der Waals surface area contributed by atoms with E-state index in [4.69, 9.17) is 4.74 Å². The Bertz CT molecular complexity index is 850. The lowest BCUT2D eigenvalue weighted by atomic mass is 9.97. The lowest BCUT2D eigenvalue weighted by Crippen LogP contribution is -2.46. The van der Waals surface area contributed by atoms with Crippen molar-refractivity contribution in [2.75, 3.05) is 19.7 Å². The quantitative estimate of drug-likeness (QED) is 0.865. The van der Waals surface area contributed by atoms with Crippen LogP contribution in [0.2, 0.25) is 0 Å². The first-order valence-electron chi connectivity index (χ1n) is 9.84. The summed E-state index contributed by atoms with van der Waals surface area (Å²) in [6.45, 7) is 1.78. The first kappa shape index (κ1) is 18.9. The van der Waals surface area contributed by atoms with Gasteiger partial charge < -0.3 is 15.0 Å². The van der Waals surface area contributed by atoms with Crippen molar-refractivity contribution < 1.29 is 18.3 Å². The van der Waals surface area contributed by atoms with E-state index < -0.39 is 5.82 Å². The van der Waals surface area contributed by atoms with Gasteiger partial charge in [-0.15, -0.1) is 0 Å². The minimum atomic E-state index is -0.482. The van der Waals surface area contributed by atoms with Crippen molar-refractivity contribution in [2.24, 2.45) is 0 Å². The van der Waals surface area contributed by atoms with Crippen LogP contribution in [0, 0.1) is 11.6 Å². The molecule has 1 N–H and O–H groups in total. The van der Waals surface area contributed by atoms with Crippen LogP contribution in [0.1, 0.15) is 47.6 Å². The molecule has 0 aliphatic carbocycles. The Labute approximate surface area is 163 Å². The number of nitrogens with one attached hydrogen (secondary N) is 1. The molecule has 0 radical (unpaired) electrons. The highest BCUT2D eigenvalue weighted by Gasteiger charge is 2.28. The Kier molecular flexibility index (Phi) is 5.57. The number of hydrogen-bond acceptors (Lipinski definition) is 3. The van der Waals surface area contributed by atoms with Gasteiger partial charge in [-0.3, -0.25) is 4.79 Å². The molecule has 28 heavy (non-hydrogen) atoms. The highest BCUT2D eigenvalue weighted by Crippen LogP contribution is 2.33. The Morgan fingerprint density at radius 1 is 1.07 bits per heavy atom. The van der Waals surface area contributed by atoms with Crippen LogP contribution in [0.5, 0.6) is 5.75 Å². The second-order valence-corrected chi connectivity index (χ2v) is 7.44. The maximum atomic E-state index is 13.9. The van der Waals surface area contributed by atoms with Crippen LogP contribution in [-0.4, -0.2) is 36.5 Å². The number of ether oxygens (including phenoxy) is 1. The monoisotopic (exact) mass is 386 g/mol. The van der Waals surface area contributed by atoms with Gasteiger partial charge in [-0.2, -0.15) is 0 Å². The molecule has 0 saturated carbocycles. The van der Waals surface area contributed by atoms with Crippen molar-refractivity contribution in [3.63, 3.8) is 0 Å². The van der Waals surface area contributed by atoms with Crippen molar-refractivity contribution >= 4 is 5.91 Å². The van der Waals surface area contributed by atoms with Crippen molar-refractivity contribution in [3.8, 4) is 5.75 Å². The van der Waals surface area contributed by atoms with E-state index in [1.165, 1.54) is 18.2 Å². The number of amides is 1. The summed E-state index contributed by atoms with van der Waals surface area (Å²) in [6.07, 6.45) is 3.34. The largest absolute Gasteiger partial charge is 0.493 e. The number of rotatable bonds is 3. The molecule has 6 heteroatoms. The first-order chi connectivity index (χ1) is 13.6. The summed E-state index contributed by atoms with van der Waals surface area (Å²) in [5.74, 6) is -0.262. The van der Waals surface area contributed by atoms with Crippen molar-refractivity contribution in [1.29, 1.82) is 0 Å². The SMILES string of the molecule is O=C(c1ccccc1F)N1CCC(NC2CCCOc3ccc(F)cc32)CC1. The molecule has 4 nitrogen and oxygen atoms in total. The molecular weight excluding hydrogens is 362 g/mol. The van der Waals surface area contributed by atoms with Crippen LogP contribution < -0.4 is 10.1 Å². The van der Waals surface area contributed by atoms with E-state index in [9.17, 15) is 13.6 Å². The standard InChI is InChI=1S/C22H24F2N2O2/c23-15-7-8-21-18(14-15)20(6-3-13-28-21)25-16-9-11-26(12-10-16)22(27)17-4-1-2-5-19(17)24/h1-2,4-5,7-8,14,16,20,25H,3,6,9-13H2. The summed E-state index contributed by atoms with van der Waals surface area (Å²) in [7, 11) is 0. The number of carbonyl (C=O) groups excluding carboxylic acids is 1. The molecule has 2 aromatic rings. The van der Waals surface area contributed by atoms with Gasteiger partial charge in [-0.1, -0.05) is 12.1 Å². The molecule has 1 amide bonds. The van der Waals surface area contributed by atoms with E-state index in [2.05, 4.69) is 5.32 Å². The zero-order valence-electron chi connectivity index (χ0n) is 15.7. The molecule has 148 valence electrons. The number of halogens is 2. The smallest absolute Gasteiger partial charge is 0.256 e. The number of carbonyl (C=O) groups is 1. The third kappa shape index (κ3) is 4.02. The van der Waals surface area contributed by atoms with Gasteiger partial charge in [-0.25, -0.2) is 8.78 Å². The van der Waals surface area contributed by atoms with Crippen LogP contribution in [0.3, 0.4) is 0 Å². The summed E-state index contributed by atoms with van der Waals surface area (Å²) in [6, 6.07) is 11.0. The lowest BCUT2D eigenvalue weighted by molar-refractivity contribution is 0.0696.